The van der Waals surface area contributed by atoms with Gasteiger partial charge < -0.3 is 15.4 Å². The first-order chi connectivity index (χ1) is 16.4. The summed E-state index contributed by atoms with van der Waals surface area (Å²) in [7, 11) is 0. The number of carbonyl (C=O) groups is 2. The number of amides is 2. The zero-order valence-corrected chi connectivity index (χ0v) is 19.7. The summed E-state index contributed by atoms with van der Waals surface area (Å²) < 4.78 is 5.80. The second-order valence-corrected chi connectivity index (χ2v) is 9.44. The van der Waals surface area contributed by atoms with Gasteiger partial charge in [-0.3, -0.25) is 10.1 Å². The second-order valence-electron chi connectivity index (χ2n) is 8.44. The molecule has 1 fully saturated rings. The molecule has 0 bridgehead atoms. The van der Waals surface area contributed by atoms with Crippen LogP contribution in [0.2, 0.25) is 0 Å². The van der Waals surface area contributed by atoms with Crippen LogP contribution >= 0.6 is 11.3 Å². The number of rotatable bonds is 4. The summed E-state index contributed by atoms with van der Waals surface area (Å²) in [5, 5.41) is 9.20. The van der Waals surface area contributed by atoms with Gasteiger partial charge in [-0.1, -0.05) is 17.7 Å². The molecule has 0 unspecified atom stereocenters. The number of aromatic nitrogens is 4. The molecule has 0 aliphatic carbocycles. The zero-order chi connectivity index (χ0) is 23.8. The van der Waals surface area contributed by atoms with Crippen molar-refractivity contribution in [3.05, 3.63) is 53.5 Å². The number of likely N-dealkylation sites (tertiary alicyclic amines) is 1. The molecule has 0 spiro atoms. The smallest absolute Gasteiger partial charge is 0.358 e. The molecule has 5 rings (SSSR count). The van der Waals surface area contributed by atoms with E-state index >= 15 is 0 Å². The molecule has 3 aromatic heterocycles. The Morgan fingerprint density at radius 1 is 1.24 bits per heavy atom. The molecule has 0 atom stereocenters. The minimum atomic E-state index is -0.491. The molecule has 3 N–H and O–H groups in total. The lowest BCUT2D eigenvalue weighted by Crippen LogP contribution is -2.44. The van der Waals surface area contributed by atoms with Crippen LogP contribution in [0.4, 0.5) is 4.79 Å². The van der Waals surface area contributed by atoms with Crippen molar-refractivity contribution in [2.75, 3.05) is 13.1 Å². The van der Waals surface area contributed by atoms with Crippen LogP contribution in [0.25, 0.3) is 32.0 Å². The average Bonchev–Trinajstić information content (AvgIpc) is 3.45. The first-order valence-corrected chi connectivity index (χ1v) is 11.8. The van der Waals surface area contributed by atoms with Gasteiger partial charge in [0.15, 0.2) is 5.69 Å². The van der Waals surface area contributed by atoms with Crippen LogP contribution in [0.5, 0.6) is 0 Å². The Bertz CT molecular complexity index is 1370. The van der Waals surface area contributed by atoms with Crippen LogP contribution in [0.3, 0.4) is 0 Å². The lowest BCUT2D eigenvalue weighted by Gasteiger charge is -2.30. The van der Waals surface area contributed by atoms with Gasteiger partial charge in [0.05, 0.1) is 10.4 Å². The van der Waals surface area contributed by atoms with E-state index < -0.39 is 12.0 Å². The molecule has 9 nitrogen and oxygen atoms in total. The van der Waals surface area contributed by atoms with Crippen molar-refractivity contribution in [1.82, 2.24) is 25.1 Å². The molecule has 10 heteroatoms. The monoisotopic (exact) mass is 476 g/mol. The third kappa shape index (κ3) is 4.12. The SMILES string of the molecule is Cc1cc(C)c2n[nH]c(-c3nc(C(=O)OC4CCN(C(N)=O)CC4)c(-c4cccnc4)s3)c2c1. The number of thiazole rings is 1. The van der Waals surface area contributed by atoms with Gasteiger partial charge in [0.1, 0.15) is 16.8 Å². The van der Waals surface area contributed by atoms with Gasteiger partial charge in [-0.15, -0.1) is 11.3 Å². The number of hydrogen-bond donors (Lipinski definition) is 2. The number of urea groups is 1. The van der Waals surface area contributed by atoms with Gasteiger partial charge >= 0.3 is 12.0 Å². The highest BCUT2D eigenvalue weighted by atomic mass is 32.1. The van der Waals surface area contributed by atoms with Crippen molar-refractivity contribution >= 4 is 34.2 Å². The Morgan fingerprint density at radius 2 is 2.03 bits per heavy atom. The first-order valence-electron chi connectivity index (χ1n) is 11.0. The van der Waals surface area contributed by atoms with Gasteiger partial charge in [-0.25, -0.2) is 14.6 Å². The summed E-state index contributed by atoms with van der Waals surface area (Å²) in [6, 6.07) is 7.41. The quantitative estimate of drug-likeness (QED) is 0.428. The van der Waals surface area contributed by atoms with Crippen molar-refractivity contribution in [3.8, 4) is 21.1 Å². The van der Waals surface area contributed by atoms with E-state index in [4.69, 9.17) is 15.5 Å². The van der Waals surface area contributed by atoms with Gasteiger partial charge in [0.2, 0.25) is 0 Å². The average molecular weight is 477 g/mol. The van der Waals surface area contributed by atoms with E-state index in [0.29, 0.717) is 35.8 Å². The zero-order valence-electron chi connectivity index (χ0n) is 18.9. The van der Waals surface area contributed by atoms with E-state index in [1.165, 1.54) is 11.3 Å². The molecule has 1 aromatic carbocycles. The number of aryl methyl sites for hydroxylation is 2. The topological polar surface area (TPSA) is 127 Å². The number of H-pyrrole nitrogens is 1. The van der Waals surface area contributed by atoms with Crippen molar-refractivity contribution in [2.24, 2.45) is 5.73 Å². The van der Waals surface area contributed by atoms with Gasteiger partial charge in [0.25, 0.3) is 0 Å². The number of hydrogen-bond acceptors (Lipinski definition) is 7. The molecule has 1 saturated heterocycles. The third-order valence-corrected chi connectivity index (χ3v) is 7.10. The number of piperidine rings is 1. The standard InChI is InChI=1S/C24H24N6O3S/c1-13-10-14(2)18-17(11-13)19(29-28-18)22-27-20(21(34-22)15-4-3-7-26-12-15)23(31)33-16-5-8-30(9-6-16)24(25)32/h3-4,7,10-12,16H,5-6,8-9H2,1-2H3,(H2,25,32)(H,28,29). The van der Waals surface area contributed by atoms with Crippen molar-refractivity contribution in [2.45, 2.75) is 32.8 Å². The third-order valence-electron chi connectivity index (χ3n) is 5.98. The molecule has 34 heavy (non-hydrogen) atoms. The minimum absolute atomic E-state index is 0.248. The molecule has 1 aliphatic heterocycles. The van der Waals surface area contributed by atoms with E-state index in [1.54, 1.807) is 17.3 Å². The van der Waals surface area contributed by atoms with E-state index in [2.05, 4.69) is 27.3 Å². The van der Waals surface area contributed by atoms with Crippen molar-refractivity contribution in [1.29, 1.82) is 0 Å². The maximum absolute atomic E-state index is 13.2. The summed E-state index contributed by atoms with van der Waals surface area (Å²) in [5.41, 5.74) is 10.2. The van der Waals surface area contributed by atoms with Crippen molar-refractivity contribution < 1.29 is 14.3 Å². The van der Waals surface area contributed by atoms with E-state index in [0.717, 1.165) is 33.3 Å². The van der Waals surface area contributed by atoms with Crippen LogP contribution in [0, 0.1) is 13.8 Å². The molecule has 0 saturated carbocycles. The number of aromatic amines is 1. The molecule has 1 aliphatic rings. The number of nitrogens with one attached hydrogen (secondary N) is 1. The fraction of sp³-hybridized carbons (Fsp3) is 0.292. The van der Waals surface area contributed by atoms with Crippen LogP contribution in [0.1, 0.15) is 34.5 Å². The number of pyridine rings is 1. The first kappa shape index (κ1) is 22.0. The summed E-state index contributed by atoms with van der Waals surface area (Å²) in [4.78, 5) is 35.8. The Labute approximate surface area is 200 Å². The molecule has 174 valence electrons. The Balaban J connectivity index is 1.50. The lowest BCUT2D eigenvalue weighted by atomic mass is 10.1. The van der Waals surface area contributed by atoms with E-state index in [9.17, 15) is 9.59 Å². The Kier molecular flexibility index (Phi) is 5.74. The summed E-state index contributed by atoms with van der Waals surface area (Å²) in [5.74, 6) is -0.491. The predicted octanol–water partition coefficient (Wildman–Crippen LogP) is 4.07. The highest BCUT2D eigenvalue weighted by Gasteiger charge is 2.28. The fourth-order valence-corrected chi connectivity index (χ4v) is 5.35. The number of nitrogens with two attached hydrogens (primary N) is 1. The number of ether oxygens (including phenoxy) is 1. The Hall–Kier alpha value is -3.79. The maximum atomic E-state index is 13.2. The highest BCUT2D eigenvalue weighted by Crippen LogP contribution is 2.38. The molecule has 4 heterocycles. The van der Waals surface area contributed by atoms with E-state index in [1.807, 2.05) is 26.0 Å². The highest BCUT2D eigenvalue weighted by molar-refractivity contribution is 7.18. The lowest BCUT2D eigenvalue weighted by molar-refractivity contribution is 0.0151. The number of carbonyl (C=O) groups excluding carboxylic acids is 2. The maximum Gasteiger partial charge on any atom is 0.358 e. The number of nitrogens with zero attached hydrogens (tertiary/aromatic N) is 4. The van der Waals surface area contributed by atoms with E-state index in [-0.39, 0.29) is 11.8 Å². The Morgan fingerprint density at radius 3 is 2.74 bits per heavy atom. The van der Waals surface area contributed by atoms with Crippen LogP contribution in [0.15, 0.2) is 36.7 Å². The van der Waals surface area contributed by atoms with Gasteiger partial charge in [-0.2, -0.15) is 5.10 Å². The van der Waals surface area contributed by atoms with Crippen LogP contribution in [-0.4, -0.2) is 56.3 Å². The van der Waals surface area contributed by atoms with Crippen LogP contribution < -0.4 is 5.73 Å². The fourth-order valence-electron chi connectivity index (χ4n) is 4.29. The summed E-state index contributed by atoms with van der Waals surface area (Å²) in [6.07, 6.45) is 4.17. The largest absolute Gasteiger partial charge is 0.457 e. The summed E-state index contributed by atoms with van der Waals surface area (Å²) >= 11 is 1.40. The number of benzene rings is 1. The minimum Gasteiger partial charge on any atom is -0.457 e. The normalized spacial score (nSPS) is 14.5. The second kappa shape index (κ2) is 8.86. The molecule has 2 amide bonds. The van der Waals surface area contributed by atoms with Gasteiger partial charge in [-0.05, 0) is 31.5 Å². The number of primary amides is 1. The number of fused-ring (bicyclic) bond motifs is 1. The van der Waals surface area contributed by atoms with Crippen LogP contribution in [-0.2, 0) is 4.74 Å². The molecular weight excluding hydrogens is 452 g/mol. The molecule has 0 radical (unpaired) electrons. The van der Waals surface area contributed by atoms with Gasteiger partial charge in [0, 0.05) is 49.3 Å². The number of esters is 1. The summed E-state index contributed by atoms with van der Waals surface area (Å²) in [6.45, 7) is 4.99. The predicted molar refractivity (Wildman–Crippen MR) is 130 cm³/mol. The molecular formula is C24H24N6O3S. The van der Waals surface area contributed by atoms with Crippen molar-refractivity contribution in [3.63, 3.8) is 0 Å². The molecule has 4 aromatic rings.